The highest BCUT2D eigenvalue weighted by molar-refractivity contribution is 5.69. The molecule has 0 spiro atoms. The molecule has 3 aromatic heterocycles. The van der Waals surface area contributed by atoms with Crippen LogP contribution in [0.4, 0.5) is 19.5 Å². The molecule has 0 N–H and O–H groups in total. The van der Waals surface area contributed by atoms with Crippen molar-refractivity contribution in [2.75, 3.05) is 31.1 Å². The number of carbonyl (C=O) groups is 1. The van der Waals surface area contributed by atoms with Crippen LogP contribution in [0.1, 0.15) is 43.3 Å². The summed E-state index contributed by atoms with van der Waals surface area (Å²) in [6, 6.07) is 8.81. The van der Waals surface area contributed by atoms with E-state index in [0.717, 1.165) is 33.7 Å². The molecule has 11 heteroatoms. The molecule has 216 valence electrons. The zero-order valence-corrected chi connectivity index (χ0v) is 23.9. The SMILES string of the molecule is Cc1cc2nc(C)c(Cc3ccccc3OC(F)F)n2cc1-c1cnc(N2CCN(C(=O)OC(C)(C)C)CC2)nc1. The molecule has 9 nitrogen and oxygen atoms in total. The van der Waals surface area contributed by atoms with Gasteiger partial charge in [-0.25, -0.2) is 19.7 Å². The predicted octanol–water partition coefficient (Wildman–Crippen LogP) is 5.66. The van der Waals surface area contributed by atoms with E-state index >= 15 is 0 Å². The summed E-state index contributed by atoms with van der Waals surface area (Å²) < 4.78 is 38.2. The van der Waals surface area contributed by atoms with E-state index in [9.17, 15) is 13.6 Å². The Bertz CT molecular complexity index is 1540. The van der Waals surface area contributed by atoms with Gasteiger partial charge in [0.2, 0.25) is 5.95 Å². The van der Waals surface area contributed by atoms with Gasteiger partial charge in [0.1, 0.15) is 17.0 Å². The van der Waals surface area contributed by atoms with Gasteiger partial charge in [-0.05, 0) is 52.3 Å². The minimum absolute atomic E-state index is 0.153. The maximum Gasteiger partial charge on any atom is 0.410 e. The number of alkyl halides is 2. The van der Waals surface area contributed by atoms with Gasteiger partial charge in [-0.3, -0.25) is 0 Å². The summed E-state index contributed by atoms with van der Waals surface area (Å²) in [6.07, 6.45) is 5.66. The first-order valence-electron chi connectivity index (χ1n) is 13.5. The number of rotatable bonds is 6. The summed E-state index contributed by atoms with van der Waals surface area (Å²) in [7, 11) is 0. The van der Waals surface area contributed by atoms with E-state index in [4.69, 9.17) is 14.5 Å². The molecule has 1 amide bonds. The lowest BCUT2D eigenvalue weighted by atomic mass is 10.1. The number of amides is 1. The molecule has 0 unspecified atom stereocenters. The molecule has 0 radical (unpaired) electrons. The van der Waals surface area contributed by atoms with Gasteiger partial charge in [0.15, 0.2) is 0 Å². The smallest absolute Gasteiger partial charge is 0.410 e. The lowest BCUT2D eigenvalue weighted by molar-refractivity contribution is -0.0504. The first-order valence-corrected chi connectivity index (χ1v) is 13.5. The minimum Gasteiger partial charge on any atom is -0.444 e. The van der Waals surface area contributed by atoms with E-state index in [0.29, 0.717) is 44.1 Å². The molecule has 1 saturated heterocycles. The van der Waals surface area contributed by atoms with Gasteiger partial charge in [-0.15, -0.1) is 0 Å². The molecule has 1 aromatic carbocycles. The molecule has 1 aliphatic rings. The van der Waals surface area contributed by atoms with Crippen LogP contribution in [0.2, 0.25) is 0 Å². The van der Waals surface area contributed by atoms with Gasteiger partial charge in [-0.1, -0.05) is 18.2 Å². The highest BCUT2D eigenvalue weighted by Crippen LogP contribution is 2.29. The fourth-order valence-corrected chi connectivity index (χ4v) is 4.95. The number of ether oxygens (including phenoxy) is 2. The normalized spacial score (nSPS) is 14.1. The molecule has 0 aliphatic carbocycles. The molecule has 0 bridgehead atoms. The van der Waals surface area contributed by atoms with Crippen LogP contribution in [0.15, 0.2) is 48.9 Å². The van der Waals surface area contributed by atoms with E-state index in [1.165, 1.54) is 0 Å². The van der Waals surface area contributed by atoms with Crippen molar-refractivity contribution in [2.24, 2.45) is 0 Å². The second kappa shape index (κ2) is 11.3. The van der Waals surface area contributed by atoms with Crippen LogP contribution in [0.5, 0.6) is 5.75 Å². The Morgan fingerprint density at radius 2 is 1.73 bits per heavy atom. The van der Waals surface area contributed by atoms with Gasteiger partial charge in [-0.2, -0.15) is 8.78 Å². The van der Waals surface area contributed by atoms with E-state index in [1.54, 1.807) is 41.6 Å². The number of piperazine rings is 1. The summed E-state index contributed by atoms with van der Waals surface area (Å²) in [5.41, 5.74) is 5.38. The third-order valence-corrected chi connectivity index (χ3v) is 6.98. The number of pyridine rings is 1. The van der Waals surface area contributed by atoms with Crippen molar-refractivity contribution >= 4 is 17.7 Å². The lowest BCUT2D eigenvalue weighted by Crippen LogP contribution is -2.50. The van der Waals surface area contributed by atoms with E-state index in [1.807, 2.05) is 51.3 Å². The summed E-state index contributed by atoms with van der Waals surface area (Å²) in [4.78, 5) is 30.1. The van der Waals surface area contributed by atoms with Crippen molar-refractivity contribution in [3.63, 3.8) is 0 Å². The number of fused-ring (bicyclic) bond motifs is 1. The standard InChI is InChI=1S/C30H34F2N6O3/c1-19-14-26-35-20(2)24(15-21-8-6-7-9-25(21)40-27(31)32)38(26)18-23(19)22-16-33-28(34-17-22)36-10-12-37(13-11-36)29(39)41-30(3,4)5/h6-9,14,16-18,27H,10-13,15H2,1-5H3. The highest BCUT2D eigenvalue weighted by atomic mass is 19.3. The molecule has 41 heavy (non-hydrogen) atoms. The van der Waals surface area contributed by atoms with Crippen molar-refractivity contribution in [2.45, 2.75) is 53.3 Å². The number of hydrogen-bond donors (Lipinski definition) is 0. The Labute approximate surface area is 237 Å². The fraction of sp³-hybridized carbons (Fsp3) is 0.400. The number of hydrogen-bond acceptors (Lipinski definition) is 7. The van der Waals surface area contributed by atoms with Crippen LogP contribution < -0.4 is 9.64 Å². The van der Waals surface area contributed by atoms with Crippen LogP contribution in [-0.4, -0.2) is 68.7 Å². The van der Waals surface area contributed by atoms with Crippen LogP contribution >= 0.6 is 0 Å². The molecule has 5 rings (SSSR count). The second-order valence-corrected chi connectivity index (χ2v) is 11.1. The van der Waals surface area contributed by atoms with Crippen molar-refractivity contribution in [1.82, 2.24) is 24.3 Å². The topological polar surface area (TPSA) is 85.1 Å². The van der Waals surface area contributed by atoms with Gasteiger partial charge in [0, 0.05) is 73.6 Å². The monoisotopic (exact) mass is 564 g/mol. The predicted molar refractivity (Wildman–Crippen MR) is 152 cm³/mol. The van der Waals surface area contributed by atoms with E-state index < -0.39 is 12.2 Å². The Balaban J connectivity index is 1.35. The van der Waals surface area contributed by atoms with Crippen molar-refractivity contribution in [1.29, 1.82) is 0 Å². The Morgan fingerprint density at radius 1 is 1.05 bits per heavy atom. The van der Waals surface area contributed by atoms with Crippen LogP contribution in [0, 0.1) is 13.8 Å². The number of anilines is 1. The Hall–Kier alpha value is -4.28. The first-order chi connectivity index (χ1) is 19.5. The molecule has 0 saturated carbocycles. The van der Waals surface area contributed by atoms with Crippen molar-refractivity contribution < 1.29 is 23.0 Å². The fourth-order valence-electron chi connectivity index (χ4n) is 4.95. The van der Waals surface area contributed by atoms with Crippen molar-refractivity contribution in [3.8, 4) is 16.9 Å². The maximum absolute atomic E-state index is 13.0. The maximum atomic E-state index is 13.0. The number of halogens is 2. The van der Waals surface area contributed by atoms with Gasteiger partial charge in [0.05, 0.1) is 5.69 Å². The zero-order chi connectivity index (χ0) is 29.3. The summed E-state index contributed by atoms with van der Waals surface area (Å²) in [5.74, 6) is 0.756. The number of nitrogens with zero attached hydrogens (tertiary/aromatic N) is 6. The largest absolute Gasteiger partial charge is 0.444 e. The highest BCUT2D eigenvalue weighted by Gasteiger charge is 2.27. The first kappa shape index (κ1) is 28.3. The number of aromatic nitrogens is 4. The molecular formula is C30H34F2N6O3. The molecule has 4 heterocycles. The van der Waals surface area contributed by atoms with E-state index in [-0.39, 0.29) is 11.8 Å². The number of aryl methyl sites for hydroxylation is 2. The average molecular weight is 565 g/mol. The van der Waals surface area contributed by atoms with Crippen LogP contribution in [-0.2, 0) is 11.2 Å². The molecule has 1 aliphatic heterocycles. The molecule has 0 atom stereocenters. The summed E-state index contributed by atoms with van der Waals surface area (Å²) in [5, 5.41) is 0. The van der Waals surface area contributed by atoms with Crippen LogP contribution in [0.3, 0.4) is 0 Å². The third-order valence-electron chi connectivity index (χ3n) is 6.98. The van der Waals surface area contributed by atoms with Crippen molar-refractivity contribution in [3.05, 3.63) is 71.4 Å². The quantitative estimate of drug-likeness (QED) is 0.299. The Kier molecular flexibility index (Phi) is 7.79. The number of carbonyl (C=O) groups excluding carboxylic acids is 1. The lowest BCUT2D eigenvalue weighted by Gasteiger charge is -2.35. The molecular weight excluding hydrogens is 530 g/mol. The van der Waals surface area contributed by atoms with Gasteiger partial charge >= 0.3 is 12.7 Å². The zero-order valence-electron chi connectivity index (χ0n) is 23.9. The number of imidazole rings is 1. The number of benzene rings is 1. The average Bonchev–Trinajstić information content (AvgIpc) is 3.21. The molecule has 4 aromatic rings. The minimum atomic E-state index is -2.90. The Morgan fingerprint density at radius 3 is 2.39 bits per heavy atom. The van der Waals surface area contributed by atoms with Crippen LogP contribution in [0.25, 0.3) is 16.8 Å². The van der Waals surface area contributed by atoms with Gasteiger partial charge in [0.25, 0.3) is 0 Å². The summed E-state index contributed by atoms with van der Waals surface area (Å²) >= 11 is 0. The van der Waals surface area contributed by atoms with Gasteiger partial charge < -0.3 is 23.7 Å². The number of para-hydroxylation sites is 1. The third kappa shape index (κ3) is 6.39. The molecule has 1 fully saturated rings. The second-order valence-electron chi connectivity index (χ2n) is 11.1. The summed E-state index contributed by atoms with van der Waals surface area (Å²) in [6.45, 7) is 8.87. The van der Waals surface area contributed by atoms with E-state index in [2.05, 4.69) is 14.9 Å².